The zero-order chi connectivity index (χ0) is 21.6. The fraction of sp³-hybridized carbons (Fsp3) is 0.304. The number of para-hydroxylation sites is 1. The highest BCUT2D eigenvalue weighted by atomic mass is 16.2. The van der Waals surface area contributed by atoms with E-state index in [1.165, 1.54) is 0 Å². The molecule has 0 aliphatic carbocycles. The molecule has 2 aliphatic heterocycles. The molecule has 1 saturated heterocycles. The van der Waals surface area contributed by atoms with Crippen LogP contribution in [0.5, 0.6) is 0 Å². The lowest BCUT2D eigenvalue weighted by atomic mass is 9.92. The summed E-state index contributed by atoms with van der Waals surface area (Å²) >= 11 is 0. The van der Waals surface area contributed by atoms with Crippen LogP contribution in [0.15, 0.2) is 53.3 Å². The molecule has 0 bridgehead atoms. The van der Waals surface area contributed by atoms with Gasteiger partial charge in [0.15, 0.2) is 0 Å². The van der Waals surface area contributed by atoms with Gasteiger partial charge in [0.1, 0.15) is 5.66 Å². The second kappa shape index (κ2) is 7.23. The first-order valence-corrected chi connectivity index (χ1v) is 10.4. The van der Waals surface area contributed by atoms with Crippen LogP contribution in [-0.4, -0.2) is 45.7 Å². The fourth-order valence-electron chi connectivity index (χ4n) is 4.67. The summed E-state index contributed by atoms with van der Waals surface area (Å²) in [5.41, 5.74) is 0.963. The monoisotopic (exact) mass is 417 g/mol. The van der Waals surface area contributed by atoms with Crippen LogP contribution >= 0.6 is 0 Å². The van der Waals surface area contributed by atoms with E-state index in [-0.39, 0.29) is 17.4 Å². The molecule has 2 unspecified atom stereocenters. The quantitative estimate of drug-likeness (QED) is 0.593. The van der Waals surface area contributed by atoms with Crippen LogP contribution in [0.4, 0.5) is 5.69 Å². The topological polar surface area (TPSA) is 107 Å². The Hall–Kier alpha value is -3.68. The molecule has 2 aliphatic rings. The number of carbonyl (C=O) groups excluding carboxylic acids is 2. The zero-order valence-electron chi connectivity index (χ0n) is 17.1. The number of rotatable bonds is 2. The minimum absolute atomic E-state index is 0.0846. The molecule has 1 fully saturated rings. The van der Waals surface area contributed by atoms with E-state index in [4.69, 9.17) is 0 Å². The number of benzene rings is 2. The molecule has 3 N–H and O–H groups in total. The molecule has 5 rings (SSSR count). The third kappa shape index (κ3) is 3.24. The van der Waals surface area contributed by atoms with E-state index in [0.29, 0.717) is 35.1 Å². The molecular weight excluding hydrogens is 394 g/mol. The molecule has 2 amide bonds. The summed E-state index contributed by atoms with van der Waals surface area (Å²) in [5, 5.41) is 14.4. The smallest absolute Gasteiger partial charge is 0.272 e. The van der Waals surface area contributed by atoms with Crippen LogP contribution in [0, 0.1) is 0 Å². The SMILES string of the molecule is CC(C(=O)N1CCCC2(C1)NC(=O)c1ccccc1N2)c1n[nH]c(=O)c2ccccc12. The van der Waals surface area contributed by atoms with Crippen molar-refractivity contribution < 1.29 is 9.59 Å². The van der Waals surface area contributed by atoms with E-state index >= 15 is 0 Å². The summed E-state index contributed by atoms with van der Waals surface area (Å²) in [7, 11) is 0. The van der Waals surface area contributed by atoms with Gasteiger partial charge in [0.25, 0.3) is 11.5 Å². The molecule has 0 saturated carbocycles. The lowest BCUT2D eigenvalue weighted by Gasteiger charge is -2.47. The first-order chi connectivity index (χ1) is 15.0. The van der Waals surface area contributed by atoms with Crippen molar-refractivity contribution in [1.82, 2.24) is 20.4 Å². The number of piperidine rings is 1. The third-order valence-corrected chi connectivity index (χ3v) is 6.21. The molecule has 0 radical (unpaired) electrons. The third-order valence-electron chi connectivity index (χ3n) is 6.21. The fourth-order valence-corrected chi connectivity index (χ4v) is 4.67. The normalized spacial score (nSPS) is 21.3. The van der Waals surface area contributed by atoms with Gasteiger partial charge in [-0.25, -0.2) is 5.10 Å². The lowest BCUT2D eigenvalue weighted by Crippen LogP contribution is -2.66. The Bertz CT molecular complexity index is 1250. The molecule has 2 atom stereocenters. The van der Waals surface area contributed by atoms with E-state index in [9.17, 15) is 14.4 Å². The molecule has 158 valence electrons. The number of hydrogen-bond acceptors (Lipinski definition) is 5. The Morgan fingerprint density at radius 1 is 1.06 bits per heavy atom. The zero-order valence-corrected chi connectivity index (χ0v) is 17.1. The van der Waals surface area contributed by atoms with Crippen molar-refractivity contribution in [3.8, 4) is 0 Å². The first kappa shape index (κ1) is 19.3. The molecule has 1 spiro atoms. The van der Waals surface area contributed by atoms with E-state index in [0.717, 1.165) is 18.5 Å². The summed E-state index contributed by atoms with van der Waals surface area (Å²) in [6, 6.07) is 14.5. The molecule has 8 heteroatoms. The van der Waals surface area contributed by atoms with Gasteiger partial charge in [0, 0.05) is 17.6 Å². The maximum Gasteiger partial charge on any atom is 0.272 e. The van der Waals surface area contributed by atoms with Crippen molar-refractivity contribution in [3.05, 3.63) is 70.1 Å². The number of amides is 2. The number of carbonyl (C=O) groups is 2. The molecule has 2 aromatic carbocycles. The van der Waals surface area contributed by atoms with Gasteiger partial charge >= 0.3 is 0 Å². The van der Waals surface area contributed by atoms with Gasteiger partial charge < -0.3 is 15.5 Å². The molecule has 8 nitrogen and oxygen atoms in total. The Morgan fingerprint density at radius 3 is 2.65 bits per heavy atom. The number of nitrogens with one attached hydrogen (secondary N) is 3. The minimum atomic E-state index is -0.695. The largest absolute Gasteiger partial charge is 0.361 e. The second-order valence-electron chi connectivity index (χ2n) is 8.28. The number of aromatic nitrogens is 2. The van der Waals surface area contributed by atoms with E-state index in [1.807, 2.05) is 30.3 Å². The van der Waals surface area contributed by atoms with Gasteiger partial charge in [-0.1, -0.05) is 30.3 Å². The maximum absolute atomic E-state index is 13.4. The number of fused-ring (bicyclic) bond motifs is 2. The second-order valence-corrected chi connectivity index (χ2v) is 8.28. The highest BCUT2D eigenvalue weighted by Gasteiger charge is 2.43. The van der Waals surface area contributed by atoms with Crippen LogP contribution in [0.1, 0.15) is 41.7 Å². The maximum atomic E-state index is 13.4. The molecular formula is C23H23N5O3. The Kier molecular flexibility index (Phi) is 4.50. The summed E-state index contributed by atoms with van der Waals surface area (Å²) < 4.78 is 0. The predicted octanol–water partition coefficient (Wildman–Crippen LogP) is 2.20. The van der Waals surface area contributed by atoms with Gasteiger partial charge in [0.05, 0.1) is 29.1 Å². The highest BCUT2D eigenvalue weighted by molar-refractivity contribution is 6.02. The van der Waals surface area contributed by atoms with E-state index in [2.05, 4.69) is 20.8 Å². The number of anilines is 1. The number of H-pyrrole nitrogens is 1. The van der Waals surface area contributed by atoms with Crippen LogP contribution in [0.25, 0.3) is 10.8 Å². The van der Waals surface area contributed by atoms with Crippen molar-refractivity contribution in [1.29, 1.82) is 0 Å². The van der Waals surface area contributed by atoms with Gasteiger partial charge in [-0.3, -0.25) is 14.4 Å². The number of hydrogen-bond donors (Lipinski definition) is 3. The van der Waals surface area contributed by atoms with Gasteiger partial charge in [-0.2, -0.15) is 5.10 Å². The van der Waals surface area contributed by atoms with Gasteiger partial charge in [0.2, 0.25) is 5.91 Å². The van der Waals surface area contributed by atoms with Crippen molar-refractivity contribution in [2.75, 3.05) is 18.4 Å². The van der Waals surface area contributed by atoms with Crippen LogP contribution in [0.3, 0.4) is 0 Å². The van der Waals surface area contributed by atoms with Crippen LogP contribution in [0.2, 0.25) is 0 Å². The molecule has 3 aromatic rings. The summed E-state index contributed by atoms with van der Waals surface area (Å²) in [6.45, 7) is 2.77. The first-order valence-electron chi connectivity index (χ1n) is 10.4. The number of aromatic amines is 1. The van der Waals surface area contributed by atoms with Crippen LogP contribution in [-0.2, 0) is 4.79 Å². The van der Waals surface area contributed by atoms with E-state index in [1.54, 1.807) is 30.0 Å². The highest BCUT2D eigenvalue weighted by Crippen LogP contribution is 2.32. The standard InChI is InChI=1S/C23H23N5O3/c1-14(19-15-7-2-3-8-16(15)21(30)27-26-19)22(31)28-12-6-11-23(13-28)24-18-10-5-4-9-17(18)20(29)25-23/h2-5,7-10,14,24H,6,11-13H2,1H3,(H,25,29)(H,27,30). The van der Waals surface area contributed by atoms with Crippen molar-refractivity contribution >= 4 is 28.3 Å². The Labute approximate surface area is 178 Å². The van der Waals surface area contributed by atoms with Crippen molar-refractivity contribution in [2.45, 2.75) is 31.3 Å². The molecule has 3 heterocycles. The molecule has 1 aromatic heterocycles. The summed E-state index contributed by atoms with van der Waals surface area (Å²) in [6.07, 6.45) is 1.48. The van der Waals surface area contributed by atoms with Gasteiger partial charge in [-0.05, 0) is 38.0 Å². The lowest BCUT2D eigenvalue weighted by molar-refractivity contribution is -0.134. The summed E-state index contributed by atoms with van der Waals surface area (Å²) in [5.74, 6) is -0.757. The van der Waals surface area contributed by atoms with Crippen molar-refractivity contribution in [2.24, 2.45) is 0 Å². The Balaban J connectivity index is 1.43. The summed E-state index contributed by atoms with van der Waals surface area (Å²) in [4.78, 5) is 40.0. The minimum Gasteiger partial charge on any atom is -0.361 e. The molecule has 31 heavy (non-hydrogen) atoms. The van der Waals surface area contributed by atoms with Crippen LogP contribution < -0.4 is 16.2 Å². The number of likely N-dealkylation sites (tertiary alicyclic amines) is 1. The van der Waals surface area contributed by atoms with E-state index < -0.39 is 11.6 Å². The number of nitrogens with zero attached hydrogens (tertiary/aromatic N) is 2. The van der Waals surface area contributed by atoms with Gasteiger partial charge in [-0.15, -0.1) is 0 Å². The van der Waals surface area contributed by atoms with Crippen molar-refractivity contribution in [3.63, 3.8) is 0 Å². The average molecular weight is 417 g/mol. The Morgan fingerprint density at radius 2 is 1.81 bits per heavy atom. The predicted molar refractivity (Wildman–Crippen MR) is 117 cm³/mol. The average Bonchev–Trinajstić information content (AvgIpc) is 2.78.